The van der Waals surface area contributed by atoms with Crippen LogP contribution in [0.15, 0.2) is 0 Å². The predicted molar refractivity (Wildman–Crippen MR) is 26.3 cm³/mol. The van der Waals surface area contributed by atoms with Crippen molar-refractivity contribution in [2.75, 3.05) is 0 Å². The summed E-state index contributed by atoms with van der Waals surface area (Å²) in [6, 6.07) is 0. The van der Waals surface area contributed by atoms with Crippen molar-refractivity contribution >= 4 is 68.1 Å². The molecule has 0 aromatic heterocycles. The molecular weight excluding hydrogens is 497 g/mol. The molecule has 0 aliphatic heterocycles. The summed E-state index contributed by atoms with van der Waals surface area (Å²) < 4.78 is 8.34. The van der Waals surface area contributed by atoms with Gasteiger partial charge < -0.3 is 0 Å². The van der Waals surface area contributed by atoms with Gasteiger partial charge in [0.15, 0.2) is 0 Å². The molecule has 26 valence electrons. The van der Waals surface area contributed by atoms with E-state index in [1.54, 1.807) is 0 Å². The molecule has 0 aromatic carbocycles. The molecule has 0 fully saturated rings. The van der Waals surface area contributed by atoms with Crippen molar-refractivity contribution in [3.05, 3.63) is 0 Å². The van der Waals surface area contributed by atoms with Gasteiger partial charge in [-0.25, -0.2) is 0 Å². The number of hydrogen-bond acceptors (Lipinski definition) is 1. The van der Waals surface area contributed by atoms with Gasteiger partial charge in [-0.15, -0.1) is 0 Å². The molecule has 0 aromatic rings. The van der Waals surface area contributed by atoms with Crippen LogP contribution in [0.5, 0.6) is 0 Å². The topological polar surface area (TPSA) is 17.1 Å². The Bertz CT molecular complexity index is 15.5. The molecule has 1 nitrogen and oxygen atoms in total. The maximum absolute atomic E-state index is 8.34. The van der Waals surface area contributed by atoms with E-state index >= 15 is 0 Å². The van der Waals surface area contributed by atoms with Crippen LogP contribution in [-0.4, -0.2) is 68.1 Å². The van der Waals surface area contributed by atoms with E-state index in [0.29, 0.717) is 22.5 Å². The van der Waals surface area contributed by atoms with Crippen molar-refractivity contribution in [1.29, 1.82) is 0 Å². The fraction of sp³-hybridized carbons (Fsp3) is 0. The SMILES string of the molecule is [Cd].[GaH3].[InH3].[O]=[Sn].[Zn]. The Morgan fingerprint density at radius 2 is 1.17 bits per heavy atom. The van der Waals surface area contributed by atoms with Gasteiger partial charge in [0.05, 0.1) is 0 Å². The van der Waals surface area contributed by atoms with E-state index in [-0.39, 0.29) is 92.4 Å². The Hall–Kier alpha value is 3.65. The molecular formula is H6CdGaInOSnZn. The summed E-state index contributed by atoms with van der Waals surface area (Å²) in [4.78, 5) is 0. The molecule has 0 bridgehead atoms. The molecule has 2 radical (unpaired) electrons. The smallest absolute Gasteiger partial charge is 0 e. The van der Waals surface area contributed by atoms with E-state index in [1.807, 2.05) is 0 Å². The van der Waals surface area contributed by atoms with Crippen LogP contribution in [0.2, 0.25) is 0 Å². The second-order valence-corrected chi connectivity index (χ2v) is 0. The molecule has 0 saturated heterocycles. The zero-order valence-electron chi connectivity index (χ0n) is 2.32. The van der Waals surface area contributed by atoms with E-state index in [4.69, 9.17) is 3.08 Å². The summed E-state index contributed by atoms with van der Waals surface area (Å²) in [6.07, 6.45) is 0. The van der Waals surface area contributed by atoms with Crippen molar-refractivity contribution in [2.45, 2.75) is 0 Å². The normalized spacial score (nSPS) is 0.667. The van der Waals surface area contributed by atoms with Crippen molar-refractivity contribution < 1.29 is 49.9 Å². The molecule has 0 amide bonds. The molecule has 6 heavy (non-hydrogen) atoms. The van der Waals surface area contributed by atoms with Crippen LogP contribution in [0.3, 0.4) is 0 Å². The quantitative estimate of drug-likeness (QED) is 0.326. The first-order valence-electron chi connectivity index (χ1n) is 0.204. The second kappa shape index (κ2) is 38.0. The minimum absolute atomic E-state index is 0. The zero-order valence-corrected chi connectivity index (χ0v) is 12.2. The van der Waals surface area contributed by atoms with Crippen molar-refractivity contribution in [3.8, 4) is 0 Å². The van der Waals surface area contributed by atoms with Gasteiger partial charge in [0.2, 0.25) is 0 Å². The molecule has 0 saturated carbocycles. The van der Waals surface area contributed by atoms with Gasteiger partial charge in [0.1, 0.15) is 0 Å². The summed E-state index contributed by atoms with van der Waals surface area (Å²) in [5.41, 5.74) is 0. The van der Waals surface area contributed by atoms with Gasteiger partial charge in [-0.3, -0.25) is 0 Å². The van der Waals surface area contributed by atoms with E-state index < -0.39 is 0 Å². The molecule has 0 aliphatic rings. The first kappa shape index (κ1) is 33.4. The summed E-state index contributed by atoms with van der Waals surface area (Å²) in [5.74, 6) is 0. The Morgan fingerprint density at radius 3 is 1.17 bits per heavy atom. The summed E-state index contributed by atoms with van der Waals surface area (Å²) >= 11 is 0.300. The molecule has 0 heterocycles. The van der Waals surface area contributed by atoms with Crippen LogP contribution in [0.1, 0.15) is 0 Å². The van der Waals surface area contributed by atoms with Gasteiger partial charge >= 0.3 is 71.2 Å². The summed E-state index contributed by atoms with van der Waals surface area (Å²) in [7, 11) is 0. The molecule has 0 unspecified atom stereocenters. The van der Waals surface area contributed by atoms with Gasteiger partial charge in [0, 0.05) is 46.8 Å². The monoisotopic (exact) mass is 504 g/mol. The van der Waals surface area contributed by atoms with Crippen LogP contribution in [-0.2, 0) is 49.9 Å². The van der Waals surface area contributed by atoms with Crippen LogP contribution in [0, 0.1) is 0 Å². The Labute approximate surface area is 115 Å². The zero-order chi connectivity index (χ0) is 2.00. The first-order valence-corrected chi connectivity index (χ1v) is 1.37. The third kappa shape index (κ3) is 25.4. The first-order chi connectivity index (χ1) is 1.00. The largest absolute Gasteiger partial charge is 0 e. The van der Waals surface area contributed by atoms with Crippen LogP contribution < -0.4 is 0 Å². The van der Waals surface area contributed by atoms with E-state index in [2.05, 4.69) is 0 Å². The second-order valence-electron chi connectivity index (χ2n) is 0. The summed E-state index contributed by atoms with van der Waals surface area (Å²) in [5, 5.41) is 0. The van der Waals surface area contributed by atoms with Gasteiger partial charge in [-0.2, -0.15) is 0 Å². The number of hydrogen-bond donors (Lipinski definition) is 0. The molecule has 0 rings (SSSR count). The third-order valence-corrected chi connectivity index (χ3v) is 0. The maximum atomic E-state index is 8.34. The van der Waals surface area contributed by atoms with Crippen LogP contribution >= 0.6 is 0 Å². The Morgan fingerprint density at radius 1 is 1.17 bits per heavy atom. The van der Waals surface area contributed by atoms with Crippen molar-refractivity contribution in [3.63, 3.8) is 0 Å². The van der Waals surface area contributed by atoms with E-state index in [0.717, 1.165) is 0 Å². The van der Waals surface area contributed by atoms with Crippen molar-refractivity contribution in [1.82, 2.24) is 0 Å². The Kier molecular flexibility index (Phi) is 211. The molecule has 0 spiro atoms. The van der Waals surface area contributed by atoms with Crippen molar-refractivity contribution in [2.24, 2.45) is 0 Å². The summed E-state index contributed by atoms with van der Waals surface area (Å²) in [6.45, 7) is 0. The molecule has 0 atom stereocenters. The Balaban J connectivity index is -0.000000000833. The minimum Gasteiger partial charge on any atom is 0 e. The molecule has 0 N–H and O–H groups in total. The average molecular weight is 503 g/mol. The molecule has 6 heteroatoms. The van der Waals surface area contributed by atoms with Gasteiger partial charge in [-0.05, 0) is 0 Å². The molecule has 0 aliphatic carbocycles. The van der Waals surface area contributed by atoms with Gasteiger partial charge in [-0.1, -0.05) is 0 Å². The standard InChI is InChI=1S/Cd.Ga.In.O.Sn.Zn.6H. The maximum Gasteiger partial charge on any atom is 0 e. The van der Waals surface area contributed by atoms with E-state index in [9.17, 15) is 0 Å². The fourth-order valence-corrected chi connectivity index (χ4v) is 0. The van der Waals surface area contributed by atoms with Crippen LogP contribution in [0.25, 0.3) is 0 Å². The predicted octanol–water partition coefficient (Wildman–Crippen LogP) is -2.87. The fourth-order valence-electron chi connectivity index (χ4n) is 0. The van der Waals surface area contributed by atoms with Gasteiger partial charge in [0.25, 0.3) is 0 Å². The number of rotatable bonds is 0. The minimum atomic E-state index is 0. The third-order valence-electron chi connectivity index (χ3n) is 0. The average Bonchev–Trinajstić information content (AvgIpc) is 1.00. The van der Waals surface area contributed by atoms with E-state index in [1.165, 1.54) is 0 Å². The van der Waals surface area contributed by atoms with Crippen LogP contribution in [0.4, 0.5) is 0 Å².